The van der Waals surface area contributed by atoms with Gasteiger partial charge in [0.25, 0.3) is 0 Å². The van der Waals surface area contributed by atoms with Gasteiger partial charge in [0.05, 0.1) is 17.8 Å². The molecule has 0 bridgehead atoms. The molecule has 1 unspecified atom stereocenters. The van der Waals surface area contributed by atoms with E-state index in [-0.39, 0.29) is 6.04 Å². The molecule has 29 heavy (non-hydrogen) atoms. The van der Waals surface area contributed by atoms with Gasteiger partial charge >= 0.3 is 0 Å². The average molecular weight is 389 g/mol. The molecular formula is C20H23N9. The summed E-state index contributed by atoms with van der Waals surface area (Å²) >= 11 is 0. The molecule has 1 fully saturated rings. The Labute approximate surface area is 168 Å². The van der Waals surface area contributed by atoms with Gasteiger partial charge in [-0.15, -0.1) is 0 Å². The molecule has 1 saturated carbocycles. The maximum absolute atomic E-state index is 6.32. The summed E-state index contributed by atoms with van der Waals surface area (Å²) in [7, 11) is 0. The summed E-state index contributed by atoms with van der Waals surface area (Å²) in [5.74, 6) is 2.75. The number of aromatic nitrogens is 6. The number of hydrogen-bond donors (Lipinski definition) is 1. The Morgan fingerprint density at radius 3 is 2.66 bits per heavy atom. The number of aliphatic imine (C=N–C) groups is 1. The van der Waals surface area contributed by atoms with Crippen LogP contribution in [-0.4, -0.2) is 47.4 Å². The van der Waals surface area contributed by atoms with Crippen molar-refractivity contribution in [2.24, 2.45) is 10.7 Å². The zero-order valence-electron chi connectivity index (χ0n) is 16.3. The first kappa shape index (κ1) is 17.7. The molecule has 0 aromatic carbocycles. The molecule has 9 nitrogen and oxygen atoms in total. The monoisotopic (exact) mass is 389 g/mol. The first-order valence-electron chi connectivity index (χ1n) is 10.0. The van der Waals surface area contributed by atoms with Crippen molar-refractivity contribution in [1.82, 2.24) is 29.5 Å². The fourth-order valence-electron chi connectivity index (χ4n) is 4.35. The van der Waals surface area contributed by atoms with Crippen LogP contribution in [0.5, 0.6) is 0 Å². The molecule has 0 saturated heterocycles. The van der Waals surface area contributed by atoms with Crippen LogP contribution >= 0.6 is 0 Å². The predicted molar refractivity (Wildman–Crippen MR) is 110 cm³/mol. The zero-order chi connectivity index (χ0) is 19.8. The van der Waals surface area contributed by atoms with Gasteiger partial charge in [-0.05, 0) is 19.3 Å². The lowest BCUT2D eigenvalue weighted by molar-refractivity contribution is 0.550. The van der Waals surface area contributed by atoms with Crippen molar-refractivity contribution in [2.75, 3.05) is 4.90 Å². The number of imidazole rings is 1. The van der Waals surface area contributed by atoms with E-state index in [1.807, 2.05) is 10.8 Å². The van der Waals surface area contributed by atoms with Crippen LogP contribution < -0.4 is 10.6 Å². The third-order valence-corrected chi connectivity index (χ3v) is 5.69. The van der Waals surface area contributed by atoms with E-state index in [9.17, 15) is 0 Å². The second-order valence-electron chi connectivity index (χ2n) is 7.43. The number of nitrogens with two attached hydrogens (primary N) is 1. The van der Waals surface area contributed by atoms with Gasteiger partial charge in [0.15, 0.2) is 5.82 Å². The highest BCUT2D eigenvalue weighted by atomic mass is 15.3. The van der Waals surface area contributed by atoms with Crippen LogP contribution in [0.3, 0.4) is 0 Å². The van der Waals surface area contributed by atoms with Gasteiger partial charge in [0.2, 0.25) is 5.95 Å². The highest BCUT2D eigenvalue weighted by Crippen LogP contribution is 2.38. The highest BCUT2D eigenvalue weighted by molar-refractivity contribution is 5.95. The quantitative estimate of drug-likeness (QED) is 0.730. The molecular weight excluding hydrogens is 366 g/mol. The standard InChI is InChI=1S/C20H23N9/c1-2-16-17(21)26-15-11-25-20(27-19(15)29(16)14-5-3-4-6-14)28-8-7-24-18(28)13-9-22-12-23-10-13/h7-12,14,16H,2-6H2,1H3,(H2,21,26). The average Bonchev–Trinajstić information content (AvgIpc) is 3.45. The van der Waals surface area contributed by atoms with Crippen LogP contribution in [0.15, 0.2) is 42.3 Å². The minimum Gasteiger partial charge on any atom is -0.385 e. The Hall–Kier alpha value is -3.36. The number of hydrogen-bond acceptors (Lipinski definition) is 8. The summed E-state index contributed by atoms with van der Waals surface area (Å²) in [5.41, 5.74) is 7.85. The van der Waals surface area contributed by atoms with Gasteiger partial charge < -0.3 is 10.6 Å². The fraction of sp³-hybridized carbons (Fsp3) is 0.400. The van der Waals surface area contributed by atoms with E-state index in [1.165, 1.54) is 19.2 Å². The van der Waals surface area contributed by atoms with E-state index in [0.717, 1.165) is 36.3 Å². The highest BCUT2D eigenvalue weighted by Gasteiger charge is 2.35. The Morgan fingerprint density at radius 2 is 1.90 bits per heavy atom. The van der Waals surface area contributed by atoms with Crippen LogP contribution in [-0.2, 0) is 0 Å². The lowest BCUT2D eigenvalue weighted by Gasteiger charge is -2.39. The molecule has 0 spiro atoms. The molecule has 1 aliphatic carbocycles. The first-order valence-corrected chi connectivity index (χ1v) is 10.0. The second-order valence-corrected chi connectivity index (χ2v) is 7.43. The minimum absolute atomic E-state index is 0.0677. The summed E-state index contributed by atoms with van der Waals surface area (Å²) in [6.07, 6.45) is 16.0. The Balaban J connectivity index is 1.61. The predicted octanol–water partition coefficient (Wildman–Crippen LogP) is 2.65. The first-order chi connectivity index (χ1) is 14.3. The minimum atomic E-state index is 0.0677. The molecule has 3 aromatic heterocycles. The van der Waals surface area contributed by atoms with Crippen molar-refractivity contribution in [3.63, 3.8) is 0 Å². The molecule has 148 valence electrons. The molecule has 1 atom stereocenters. The Kier molecular flexibility index (Phi) is 4.42. The second kappa shape index (κ2) is 7.23. The number of anilines is 1. The molecule has 9 heteroatoms. The number of rotatable bonds is 4. The molecule has 3 aromatic rings. The largest absolute Gasteiger partial charge is 0.385 e. The third kappa shape index (κ3) is 3.02. The van der Waals surface area contributed by atoms with Crippen LogP contribution in [0.2, 0.25) is 0 Å². The van der Waals surface area contributed by atoms with E-state index < -0.39 is 0 Å². The third-order valence-electron chi connectivity index (χ3n) is 5.69. The summed E-state index contributed by atoms with van der Waals surface area (Å²) in [5, 5.41) is 0. The van der Waals surface area contributed by atoms with Gasteiger partial charge in [-0.2, -0.15) is 4.98 Å². The van der Waals surface area contributed by atoms with E-state index in [0.29, 0.717) is 23.7 Å². The van der Waals surface area contributed by atoms with Gasteiger partial charge in [-0.25, -0.2) is 24.9 Å². The van der Waals surface area contributed by atoms with Crippen molar-refractivity contribution in [3.8, 4) is 17.3 Å². The number of amidine groups is 1. The Morgan fingerprint density at radius 1 is 1.10 bits per heavy atom. The SMILES string of the molecule is CCC1C(N)=Nc2cnc(-n3ccnc3-c3cncnc3)nc2N1C1CCCC1. The molecule has 2 aliphatic rings. The molecule has 1 aliphatic heterocycles. The molecule has 2 N–H and O–H groups in total. The Bertz CT molecular complexity index is 1040. The fourth-order valence-corrected chi connectivity index (χ4v) is 4.35. The van der Waals surface area contributed by atoms with Crippen LogP contribution in [0.1, 0.15) is 39.0 Å². The lowest BCUT2D eigenvalue weighted by atomic mass is 10.1. The summed E-state index contributed by atoms with van der Waals surface area (Å²) in [4.78, 5) is 29.1. The maximum atomic E-state index is 6.32. The summed E-state index contributed by atoms with van der Waals surface area (Å²) in [6, 6.07) is 0.499. The van der Waals surface area contributed by atoms with Crippen molar-refractivity contribution in [3.05, 3.63) is 37.3 Å². The van der Waals surface area contributed by atoms with Crippen molar-refractivity contribution >= 4 is 17.3 Å². The van der Waals surface area contributed by atoms with Gasteiger partial charge in [-0.3, -0.25) is 4.57 Å². The van der Waals surface area contributed by atoms with E-state index in [2.05, 4.69) is 36.8 Å². The molecule has 0 radical (unpaired) electrons. The van der Waals surface area contributed by atoms with Crippen molar-refractivity contribution in [1.29, 1.82) is 0 Å². The van der Waals surface area contributed by atoms with Crippen LogP contribution in [0.25, 0.3) is 17.3 Å². The lowest BCUT2D eigenvalue weighted by Crippen LogP contribution is -2.51. The van der Waals surface area contributed by atoms with Crippen LogP contribution in [0.4, 0.5) is 11.5 Å². The molecule has 5 rings (SSSR count). The smallest absolute Gasteiger partial charge is 0.237 e. The number of nitrogens with zero attached hydrogens (tertiary/aromatic N) is 8. The van der Waals surface area contributed by atoms with Gasteiger partial charge in [0, 0.05) is 30.8 Å². The van der Waals surface area contributed by atoms with E-state index in [1.54, 1.807) is 24.8 Å². The summed E-state index contributed by atoms with van der Waals surface area (Å²) in [6.45, 7) is 2.14. The van der Waals surface area contributed by atoms with Gasteiger partial charge in [0.1, 0.15) is 23.7 Å². The topological polar surface area (TPSA) is 111 Å². The molecule has 0 amide bonds. The van der Waals surface area contributed by atoms with E-state index >= 15 is 0 Å². The van der Waals surface area contributed by atoms with Gasteiger partial charge in [-0.1, -0.05) is 19.8 Å². The van der Waals surface area contributed by atoms with E-state index in [4.69, 9.17) is 10.7 Å². The van der Waals surface area contributed by atoms with Crippen molar-refractivity contribution in [2.45, 2.75) is 51.1 Å². The van der Waals surface area contributed by atoms with Crippen LogP contribution in [0, 0.1) is 0 Å². The molecule has 4 heterocycles. The zero-order valence-corrected chi connectivity index (χ0v) is 16.3. The number of fused-ring (bicyclic) bond motifs is 1. The van der Waals surface area contributed by atoms with Crippen molar-refractivity contribution < 1.29 is 0 Å². The normalized spacial score (nSPS) is 19.3. The maximum Gasteiger partial charge on any atom is 0.237 e. The summed E-state index contributed by atoms with van der Waals surface area (Å²) < 4.78 is 1.86.